The monoisotopic (exact) mass is 314 g/mol. The number of aromatic nitrogens is 1. The Bertz CT molecular complexity index is 357. The number of nitrogens with zero attached hydrogens (tertiary/aromatic N) is 1. The number of anilines is 1. The van der Waals surface area contributed by atoms with Crippen LogP contribution in [0.1, 0.15) is 5.56 Å². The van der Waals surface area contributed by atoms with E-state index in [1.54, 1.807) is 6.20 Å². The Hall–Kier alpha value is -0.430. The SMILES string of the molecule is Cc1ccnc(NCCSC(F)(F)F)c1Br. The summed E-state index contributed by atoms with van der Waals surface area (Å²) >= 11 is 3.28. The smallest absolute Gasteiger partial charge is 0.368 e. The highest BCUT2D eigenvalue weighted by atomic mass is 79.9. The topological polar surface area (TPSA) is 24.9 Å². The van der Waals surface area contributed by atoms with Crippen molar-refractivity contribution in [1.29, 1.82) is 0 Å². The van der Waals surface area contributed by atoms with E-state index in [0.717, 1.165) is 10.0 Å². The molecular weight excluding hydrogens is 305 g/mol. The highest BCUT2D eigenvalue weighted by molar-refractivity contribution is 9.10. The maximum atomic E-state index is 11.8. The third-order valence-corrected chi connectivity index (χ3v) is 3.48. The zero-order valence-electron chi connectivity index (χ0n) is 8.44. The number of pyridine rings is 1. The summed E-state index contributed by atoms with van der Waals surface area (Å²) in [5.41, 5.74) is -3.18. The largest absolute Gasteiger partial charge is 0.441 e. The van der Waals surface area contributed by atoms with Crippen molar-refractivity contribution < 1.29 is 13.2 Å². The van der Waals surface area contributed by atoms with Crippen molar-refractivity contribution in [1.82, 2.24) is 4.98 Å². The second-order valence-corrected chi connectivity index (χ2v) is 4.96. The van der Waals surface area contributed by atoms with Crippen molar-refractivity contribution in [2.75, 3.05) is 17.6 Å². The van der Waals surface area contributed by atoms with Crippen LogP contribution in [-0.4, -0.2) is 22.8 Å². The summed E-state index contributed by atoms with van der Waals surface area (Å²) in [6.45, 7) is 2.11. The van der Waals surface area contributed by atoms with Crippen LogP contribution in [0.5, 0.6) is 0 Å². The second kappa shape index (κ2) is 5.77. The van der Waals surface area contributed by atoms with E-state index in [1.165, 1.54) is 0 Å². The Kier molecular flexibility index (Phi) is 4.91. The fourth-order valence-corrected chi connectivity index (χ4v) is 1.81. The van der Waals surface area contributed by atoms with E-state index < -0.39 is 5.51 Å². The maximum Gasteiger partial charge on any atom is 0.441 e. The van der Waals surface area contributed by atoms with E-state index in [-0.39, 0.29) is 24.1 Å². The van der Waals surface area contributed by atoms with Gasteiger partial charge in [0.15, 0.2) is 0 Å². The van der Waals surface area contributed by atoms with E-state index in [1.807, 2.05) is 13.0 Å². The zero-order valence-corrected chi connectivity index (χ0v) is 10.8. The molecule has 1 aromatic heterocycles. The van der Waals surface area contributed by atoms with Gasteiger partial charge in [-0.05, 0) is 46.2 Å². The lowest BCUT2D eigenvalue weighted by atomic mass is 10.3. The van der Waals surface area contributed by atoms with Gasteiger partial charge in [-0.2, -0.15) is 13.2 Å². The normalized spacial score (nSPS) is 11.6. The Morgan fingerprint density at radius 1 is 1.50 bits per heavy atom. The van der Waals surface area contributed by atoms with Crippen molar-refractivity contribution in [2.45, 2.75) is 12.4 Å². The number of hydrogen-bond acceptors (Lipinski definition) is 3. The van der Waals surface area contributed by atoms with Crippen LogP contribution >= 0.6 is 27.7 Å². The number of aryl methyl sites for hydroxylation is 1. The van der Waals surface area contributed by atoms with Gasteiger partial charge in [-0.1, -0.05) is 0 Å². The third kappa shape index (κ3) is 4.61. The van der Waals surface area contributed by atoms with E-state index in [4.69, 9.17) is 0 Å². The Balaban J connectivity index is 2.41. The molecule has 1 rings (SSSR count). The minimum absolute atomic E-state index is 0.0361. The molecule has 0 spiro atoms. The highest BCUT2D eigenvalue weighted by Crippen LogP contribution is 2.30. The second-order valence-electron chi connectivity index (χ2n) is 3.01. The molecule has 0 fully saturated rings. The third-order valence-electron chi connectivity index (χ3n) is 1.74. The molecule has 0 atom stereocenters. The molecule has 1 N–H and O–H groups in total. The molecule has 16 heavy (non-hydrogen) atoms. The summed E-state index contributed by atoms with van der Waals surface area (Å²) in [5, 5.41) is 2.85. The minimum Gasteiger partial charge on any atom is -0.368 e. The van der Waals surface area contributed by atoms with Gasteiger partial charge in [-0.3, -0.25) is 0 Å². The molecule has 0 saturated carbocycles. The molecule has 90 valence electrons. The van der Waals surface area contributed by atoms with Crippen LogP contribution < -0.4 is 5.32 Å². The van der Waals surface area contributed by atoms with Crippen molar-refractivity contribution in [3.8, 4) is 0 Å². The number of hydrogen-bond donors (Lipinski definition) is 1. The summed E-state index contributed by atoms with van der Waals surface area (Å²) in [6, 6.07) is 1.82. The van der Waals surface area contributed by atoms with E-state index in [0.29, 0.717) is 5.82 Å². The van der Waals surface area contributed by atoms with Gasteiger partial charge >= 0.3 is 5.51 Å². The lowest BCUT2D eigenvalue weighted by Gasteiger charge is -2.09. The number of thioether (sulfide) groups is 1. The van der Waals surface area contributed by atoms with Gasteiger partial charge in [-0.15, -0.1) is 0 Å². The van der Waals surface area contributed by atoms with Crippen LogP contribution in [0.25, 0.3) is 0 Å². The predicted molar refractivity (Wildman–Crippen MR) is 63.7 cm³/mol. The lowest BCUT2D eigenvalue weighted by Crippen LogP contribution is -2.10. The molecule has 1 aromatic rings. The summed E-state index contributed by atoms with van der Waals surface area (Å²) in [4.78, 5) is 4.02. The highest BCUT2D eigenvalue weighted by Gasteiger charge is 2.27. The first kappa shape index (κ1) is 13.6. The molecule has 0 aliphatic rings. The van der Waals surface area contributed by atoms with Crippen molar-refractivity contribution in [3.05, 3.63) is 22.3 Å². The van der Waals surface area contributed by atoms with Gasteiger partial charge in [-0.25, -0.2) is 4.98 Å². The van der Waals surface area contributed by atoms with Crippen LogP contribution in [0.2, 0.25) is 0 Å². The Morgan fingerprint density at radius 3 is 2.81 bits per heavy atom. The number of nitrogens with one attached hydrogen (secondary N) is 1. The van der Waals surface area contributed by atoms with E-state index in [9.17, 15) is 13.2 Å². The van der Waals surface area contributed by atoms with Crippen molar-refractivity contribution >= 4 is 33.5 Å². The fourth-order valence-electron chi connectivity index (χ4n) is 1.000. The first-order valence-corrected chi connectivity index (χ1v) is 6.23. The molecule has 2 nitrogen and oxygen atoms in total. The van der Waals surface area contributed by atoms with Gasteiger partial charge in [0.2, 0.25) is 0 Å². The molecule has 0 aliphatic heterocycles. The maximum absolute atomic E-state index is 11.8. The molecule has 0 radical (unpaired) electrons. The minimum atomic E-state index is -4.17. The molecule has 0 amide bonds. The van der Waals surface area contributed by atoms with Crippen LogP contribution in [0.3, 0.4) is 0 Å². The average molecular weight is 315 g/mol. The average Bonchev–Trinajstić information content (AvgIpc) is 2.17. The predicted octanol–water partition coefficient (Wildman–Crippen LogP) is 3.82. The molecule has 7 heteroatoms. The van der Waals surface area contributed by atoms with Crippen LogP contribution in [-0.2, 0) is 0 Å². The molecule has 0 saturated heterocycles. The van der Waals surface area contributed by atoms with Gasteiger partial charge in [0.1, 0.15) is 5.82 Å². The van der Waals surface area contributed by atoms with Gasteiger partial charge < -0.3 is 5.32 Å². The van der Waals surface area contributed by atoms with E-state index in [2.05, 4.69) is 26.2 Å². The summed E-state index contributed by atoms with van der Waals surface area (Å²) in [6.07, 6.45) is 1.61. The van der Waals surface area contributed by atoms with Gasteiger partial charge in [0.05, 0.1) is 4.47 Å². The van der Waals surface area contributed by atoms with Crippen molar-refractivity contribution in [2.24, 2.45) is 0 Å². The first-order chi connectivity index (χ1) is 7.40. The summed E-state index contributed by atoms with van der Waals surface area (Å²) in [5.74, 6) is 0.536. The molecule has 0 bridgehead atoms. The standard InChI is InChI=1S/C9H10BrF3N2S/c1-6-2-3-14-8(7(6)10)15-4-5-16-9(11,12)13/h2-3H,4-5H2,1H3,(H,14,15). The molecule has 0 unspecified atom stereocenters. The molecule has 0 aromatic carbocycles. The van der Waals surface area contributed by atoms with Gasteiger partial charge in [0.25, 0.3) is 0 Å². The quantitative estimate of drug-likeness (QED) is 0.855. The Labute approximate surface area is 104 Å². The molecule has 1 heterocycles. The molecular formula is C9H10BrF3N2S. The number of halogens is 4. The van der Waals surface area contributed by atoms with Crippen LogP contribution in [0.4, 0.5) is 19.0 Å². The lowest BCUT2D eigenvalue weighted by molar-refractivity contribution is -0.0327. The summed E-state index contributed by atoms with van der Waals surface area (Å²) < 4.78 is 36.3. The van der Waals surface area contributed by atoms with E-state index >= 15 is 0 Å². The van der Waals surface area contributed by atoms with Gasteiger partial charge in [0, 0.05) is 18.5 Å². The fraction of sp³-hybridized carbons (Fsp3) is 0.444. The Morgan fingerprint density at radius 2 is 2.19 bits per heavy atom. The van der Waals surface area contributed by atoms with Crippen LogP contribution in [0, 0.1) is 6.92 Å². The first-order valence-electron chi connectivity index (χ1n) is 4.46. The number of rotatable bonds is 4. The zero-order chi connectivity index (χ0) is 12.2. The van der Waals surface area contributed by atoms with Crippen molar-refractivity contribution in [3.63, 3.8) is 0 Å². The van der Waals surface area contributed by atoms with Crippen LogP contribution in [0.15, 0.2) is 16.7 Å². The summed E-state index contributed by atoms with van der Waals surface area (Å²) in [7, 11) is 0. The molecule has 0 aliphatic carbocycles. The number of alkyl halides is 3.